The highest BCUT2D eigenvalue weighted by Crippen LogP contribution is 2.43. The second-order valence-electron chi connectivity index (χ2n) is 15.5. The summed E-state index contributed by atoms with van der Waals surface area (Å²) in [5, 5.41) is 8.89. The second-order valence-corrected chi connectivity index (χ2v) is 17.0. The van der Waals surface area contributed by atoms with Crippen molar-refractivity contribution in [1.29, 1.82) is 0 Å². The van der Waals surface area contributed by atoms with E-state index in [1.54, 1.807) is 0 Å². The molecule has 0 aromatic rings. The molecule has 1 unspecified atom stereocenters. The molecular formula is C45H84NO10P. The summed E-state index contributed by atoms with van der Waals surface area (Å²) in [6.45, 7) is 2.79. The maximum absolute atomic E-state index is 12.6. The highest BCUT2D eigenvalue weighted by Gasteiger charge is 2.28. The standard InChI is InChI=1S/C45H84NO10P/c1-3-5-7-9-11-13-15-17-19-20-21-23-25-27-29-31-33-35-37-44(48)56-41(39-54-57(51,52)55-40-42(46)45(49)50)38-53-43(47)36-34-32-30-28-26-24-22-18-16-14-12-10-8-6-4-2/h12,14,18,22,41-42H,3-11,13,15-17,19-21,23-40,46H2,1-2H3,(H,49,50)(H,51,52)/b14-12+,22-18+/t41-,42+/m1/s1. The van der Waals surface area contributed by atoms with E-state index in [1.807, 2.05) is 0 Å². The van der Waals surface area contributed by atoms with Crippen LogP contribution in [-0.4, -0.2) is 59.9 Å². The number of phosphoric ester groups is 1. The van der Waals surface area contributed by atoms with Crippen molar-refractivity contribution >= 4 is 25.7 Å². The molecule has 0 aliphatic carbocycles. The van der Waals surface area contributed by atoms with E-state index in [9.17, 15) is 23.8 Å². The predicted molar refractivity (Wildman–Crippen MR) is 231 cm³/mol. The third-order valence-corrected chi connectivity index (χ3v) is 10.9. The molecule has 0 aliphatic heterocycles. The molecule has 3 atom stereocenters. The van der Waals surface area contributed by atoms with Gasteiger partial charge in [0.25, 0.3) is 0 Å². The van der Waals surface area contributed by atoms with Crippen LogP contribution in [0.5, 0.6) is 0 Å². The zero-order chi connectivity index (χ0) is 42.1. The number of hydrogen-bond donors (Lipinski definition) is 3. The Bertz CT molecular complexity index is 1070. The lowest BCUT2D eigenvalue weighted by Crippen LogP contribution is -2.34. The quantitative estimate of drug-likeness (QED) is 0.0231. The van der Waals surface area contributed by atoms with Gasteiger partial charge in [-0.05, 0) is 44.9 Å². The molecule has 0 saturated heterocycles. The van der Waals surface area contributed by atoms with Gasteiger partial charge in [0, 0.05) is 12.8 Å². The summed E-state index contributed by atoms with van der Waals surface area (Å²) in [7, 11) is -4.72. The van der Waals surface area contributed by atoms with Gasteiger partial charge in [-0.3, -0.25) is 23.4 Å². The number of phosphoric acid groups is 1. The molecule has 0 amide bonds. The van der Waals surface area contributed by atoms with Gasteiger partial charge in [-0.2, -0.15) is 0 Å². The van der Waals surface area contributed by atoms with Crippen molar-refractivity contribution < 1.29 is 47.5 Å². The number of carboxylic acids is 1. The third kappa shape index (κ3) is 40.5. The lowest BCUT2D eigenvalue weighted by atomic mass is 10.0. The van der Waals surface area contributed by atoms with Crippen molar-refractivity contribution in [3.8, 4) is 0 Å². The Balaban J connectivity index is 4.32. The SMILES string of the molecule is CCCCC/C=C/C/C=C/CCCCCCCC(=O)OC[C@H](COP(=O)(O)OC[C@H](N)C(=O)O)OC(=O)CCCCCCCCCCCCCCCCCCCC. The number of nitrogens with two attached hydrogens (primary N) is 1. The summed E-state index contributed by atoms with van der Waals surface area (Å²) >= 11 is 0. The first-order chi connectivity index (χ1) is 27.6. The minimum absolute atomic E-state index is 0.163. The summed E-state index contributed by atoms with van der Waals surface area (Å²) in [5.74, 6) is -2.38. The van der Waals surface area contributed by atoms with Crippen molar-refractivity contribution in [3.63, 3.8) is 0 Å². The van der Waals surface area contributed by atoms with E-state index >= 15 is 0 Å². The first-order valence-electron chi connectivity index (χ1n) is 22.9. The van der Waals surface area contributed by atoms with Gasteiger partial charge in [-0.25, -0.2) is 4.57 Å². The molecule has 0 radical (unpaired) electrons. The lowest BCUT2D eigenvalue weighted by Gasteiger charge is -2.20. The number of hydrogen-bond acceptors (Lipinski definition) is 9. The molecule has 0 rings (SSSR count). The van der Waals surface area contributed by atoms with Crippen molar-refractivity contribution in [2.24, 2.45) is 5.73 Å². The maximum atomic E-state index is 12.6. The molecule has 0 aromatic heterocycles. The summed E-state index contributed by atoms with van der Waals surface area (Å²) in [6, 6.07) is -1.52. The molecule has 0 spiro atoms. The third-order valence-electron chi connectivity index (χ3n) is 9.95. The Morgan fingerprint density at radius 2 is 0.930 bits per heavy atom. The zero-order valence-corrected chi connectivity index (χ0v) is 37.1. The number of unbranched alkanes of at least 4 members (excludes halogenated alkanes) is 25. The van der Waals surface area contributed by atoms with Gasteiger partial charge in [0.1, 0.15) is 12.6 Å². The molecule has 4 N–H and O–H groups in total. The van der Waals surface area contributed by atoms with Crippen molar-refractivity contribution in [2.75, 3.05) is 19.8 Å². The average Bonchev–Trinajstić information content (AvgIpc) is 3.19. The van der Waals surface area contributed by atoms with Crippen LogP contribution in [0, 0.1) is 0 Å². The first kappa shape index (κ1) is 55.0. The highest BCUT2D eigenvalue weighted by molar-refractivity contribution is 7.47. The fourth-order valence-corrected chi connectivity index (χ4v) is 7.11. The Morgan fingerprint density at radius 1 is 0.544 bits per heavy atom. The van der Waals surface area contributed by atoms with E-state index in [-0.39, 0.29) is 19.4 Å². The number of carboxylic acid groups (broad SMARTS) is 1. The zero-order valence-electron chi connectivity index (χ0n) is 36.2. The fourth-order valence-electron chi connectivity index (χ4n) is 6.33. The largest absolute Gasteiger partial charge is 0.480 e. The van der Waals surface area contributed by atoms with Gasteiger partial charge in [-0.1, -0.05) is 179 Å². The van der Waals surface area contributed by atoms with Crippen LogP contribution in [0.15, 0.2) is 24.3 Å². The van der Waals surface area contributed by atoms with Crippen LogP contribution in [0.2, 0.25) is 0 Å². The topological polar surface area (TPSA) is 172 Å². The number of esters is 2. The Hall–Kier alpha value is -2.04. The summed E-state index contributed by atoms with van der Waals surface area (Å²) in [5.41, 5.74) is 5.34. The Kier molecular flexibility index (Phi) is 39.3. The van der Waals surface area contributed by atoms with E-state index in [1.165, 1.54) is 109 Å². The van der Waals surface area contributed by atoms with Crippen LogP contribution in [0.1, 0.15) is 213 Å². The lowest BCUT2D eigenvalue weighted by molar-refractivity contribution is -0.161. The maximum Gasteiger partial charge on any atom is 0.472 e. The van der Waals surface area contributed by atoms with E-state index < -0.39 is 51.1 Å². The summed E-state index contributed by atoms with van der Waals surface area (Å²) in [6.07, 6.45) is 42.4. The van der Waals surface area contributed by atoms with Crippen molar-refractivity contribution in [2.45, 2.75) is 225 Å². The molecule has 0 bridgehead atoms. The van der Waals surface area contributed by atoms with Crippen LogP contribution in [-0.2, 0) is 37.5 Å². The van der Waals surface area contributed by atoms with E-state index in [2.05, 4.69) is 42.7 Å². The van der Waals surface area contributed by atoms with Crippen LogP contribution in [0.3, 0.4) is 0 Å². The van der Waals surface area contributed by atoms with Crippen LogP contribution < -0.4 is 5.73 Å². The first-order valence-corrected chi connectivity index (χ1v) is 24.4. The number of aliphatic carboxylic acids is 1. The molecule has 0 fully saturated rings. The Morgan fingerprint density at radius 3 is 1.40 bits per heavy atom. The van der Waals surface area contributed by atoms with Crippen LogP contribution >= 0.6 is 7.82 Å². The van der Waals surface area contributed by atoms with E-state index in [0.717, 1.165) is 64.2 Å². The highest BCUT2D eigenvalue weighted by atomic mass is 31.2. The van der Waals surface area contributed by atoms with Gasteiger partial charge in [0.15, 0.2) is 6.10 Å². The van der Waals surface area contributed by atoms with Crippen molar-refractivity contribution in [1.82, 2.24) is 0 Å². The van der Waals surface area contributed by atoms with Gasteiger partial charge >= 0.3 is 25.7 Å². The average molecular weight is 830 g/mol. The molecular weight excluding hydrogens is 745 g/mol. The molecule has 0 heterocycles. The molecule has 0 saturated carbocycles. The van der Waals surface area contributed by atoms with E-state index in [4.69, 9.17) is 24.8 Å². The van der Waals surface area contributed by atoms with Gasteiger partial charge in [0.05, 0.1) is 13.2 Å². The molecule has 57 heavy (non-hydrogen) atoms. The number of rotatable bonds is 43. The van der Waals surface area contributed by atoms with E-state index in [0.29, 0.717) is 12.8 Å². The number of carbonyl (C=O) groups is 3. The van der Waals surface area contributed by atoms with Crippen molar-refractivity contribution in [3.05, 3.63) is 24.3 Å². The molecule has 0 aliphatic rings. The fraction of sp³-hybridized carbons (Fsp3) is 0.844. The summed E-state index contributed by atoms with van der Waals surface area (Å²) < 4.78 is 32.7. The van der Waals surface area contributed by atoms with Gasteiger partial charge in [0.2, 0.25) is 0 Å². The summed E-state index contributed by atoms with van der Waals surface area (Å²) in [4.78, 5) is 46.0. The predicted octanol–water partition coefficient (Wildman–Crippen LogP) is 12.2. The number of ether oxygens (including phenoxy) is 2. The Labute approximate surface area is 347 Å². The minimum Gasteiger partial charge on any atom is -0.480 e. The normalized spacial score (nSPS) is 13.9. The second kappa shape index (κ2) is 40.7. The number of carbonyl (C=O) groups excluding carboxylic acids is 2. The smallest absolute Gasteiger partial charge is 0.472 e. The molecule has 12 heteroatoms. The van der Waals surface area contributed by atoms with Gasteiger partial charge < -0.3 is 25.2 Å². The molecule has 11 nitrogen and oxygen atoms in total. The molecule has 0 aromatic carbocycles. The molecule has 334 valence electrons. The monoisotopic (exact) mass is 830 g/mol. The van der Waals surface area contributed by atoms with Crippen LogP contribution in [0.4, 0.5) is 0 Å². The number of allylic oxidation sites excluding steroid dienone is 4. The minimum atomic E-state index is -4.72. The van der Waals surface area contributed by atoms with Crippen LogP contribution in [0.25, 0.3) is 0 Å². The van der Waals surface area contributed by atoms with Gasteiger partial charge in [-0.15, -0.1) is 0 Å².